The number of nitrogens with zero attached hydrogens (tertiary/aromatic N) is 1. The highest BCUT2D eigenvalue weighted by molar-refractivity contribution is 6.51. The maximum absolute atomic E-state index is 13.5. The van der Waals surface area contributed by atoms with E-state index >= 15 is 0 Å². The van der Waals surface area contributed by atoms with E-state index in [2.05, 4.69) is 0 Å². The summed E-state index contributed by atoms with van der Waals surface area (Å²) >= 11 is 0. The van der Waals surface area contributed by atoms with E-state index < -0.39 is 23.7 Å². The van der Waals surface area contributed by atoms with Crippen molar-refractivity contribution in [3.05, 3.63) is 101 Å². The van der Waals surface area contributed by atoms with E-state index in [1.54, 1.807) is 74.5 Å². The second-order valence-corrected chi connectivity index (χ2v) is 9.92. The molecule has 3 aromatic rings. The monoisotopic (exact) mass is 527 g/mol. The van der Waals surface area contributed by atoms with Crippen LogP contribution in [0.5, 0.6) is 5.75 Å². The van der Waals surface area contributed by atoms with Gasteiger partial charge in [0.1, 0.15) is 11.5 Å². The normalized spacial score (nSPS) is 16.7. The Labute approximate surface area is 228 Å². The zero-order chi connectivity index (χ0) is 28.3. The number of carbonyl (C=O) groups excluding carboxylic acids is 3. The first-order valence-electron chi connectivity index (χ1n) is 13.1. The third kappa shape index (κ3) is 5.58. The van der Waals surface area contributed by atoms with Crippen LogP contribution in [0.1, 0.15) is 73.6 Å². The summed E-state index contributed by atoms with van der Waals surface area (Å²) in [5.74, 6) is -1.61. The topological polar surface area (TPSA) is 93.1 Å². The molecule has 1 heterocycles. The summed E-state index contributed by atoms with van der Waals surface area (Å²) in [5.41, 5.74) is 2.50. The van der Waals surface area contributed by atoms with E-state index in [4.69, 9.17) is 9.47 Å². The van der Waals surface area contributed by atoms with Crippen LogP contribution in [-0.4, -0.2) is 35.5 Å². The van der Waals surface area contributed by atoms with Crippen molar-refractivity contribution in [1.29, 1.82) is 0 Å². The number of hydrogen-bond donors (Lipinski definition) is 1. The summed E-state index contributed by atoms with van der Waals surface area (Å²) in [6, 6.07) is 19.8. The number of ketones is 1. The first-order chi connectivity index (χ1) is 18.6. The molecule has 202 valence electrons. The summed E-state index contributed by atoms with van der Waals surface area (Å²) < 4.78 is 11.1. The van der Waals surface area contributed by atoms with Gasteiger partial charge in [0.15, 0.2) is 0 Å². The van der Waals surface area contributed by atoms with Gasteiger partial charge < -0.3 is 14.6 Å². The number of anilines is 1. The highest BCUT2D eigenvalue weighted by Crippen LogP contribution is 2.43. The van der Waals surface area contributed by atoms with Crippen molar-refractivity contribution in [2.75, 3.05) is 11.5 Å². The van der Waals surface area contributed by atoms with Crippen molar-refractivity contribution >= 4 is 29.1 Å². The van der Waals surface area contributed by atoms with Crippen LogP contribution in [0.2, 0.25) is 0 Å². The molecule has 0 bridgehead atoms. The molecule has 3 aromatic carbocycles. The van der Waals surface area contributed by atoms with E-state index in [0.717, 1.165) is 5.56 Å². The average molecular weight is 528 g/mol. The molecule has 0 saturated carbocycles. The highest BCUT2D eigenvalue weighted by atomic mass is 16.5. The molecule has 1 atom stereocenters. The Morgan fingerprint density at radius 1 is 0.923 bits per heavy atom. The van der Waals surface area contributed by atoms with E-state index in [1.165, 1.54) is 11.0 Å². The zero-order valence-electron chi connectivity index (χ0n) is 22.8. The van der Waals surface area contributed by atoms with Crippen LogP contribution in [0.4, 0.5) is 5.69 Å². The molecule has 0 spiro atoms. The van der Waals surface area contributed by atoms with Crippen molar-refractivity contribution in [3.63, 3.8) is 0 Å². The summed E-state index contributed by atoms with van der Waals surface area (Å²) in [5, 5.41) is 11.5. The molecule has 1 unspecified atom stereocenters. The first kappa shape index (κ1) is 27.6. The number of aliphatic hydroxyl groups is 1. The first-order valence-corrected chi connectivity index (χ1v) is 13.1. The number of esters is 1. The van der Waals surface area contributed by atoms with E-state index in [9.17, 15) is 19.5 Å². The fourth-order valence-corrected chi connectivity index (χ4v) is 4.70. The van der Waals surface area contributed by atoms with Gasteiger partial charge >= 0.3 is 5.97 Å². The predicted molar refractivity (Wildman–Crippen MR) is 150 cm³/mol. The molecule has 1 aliphatic heterocycles. The Kier molecular flexibility index (Phi) is 8.19. The number of amides is 1. The second kappa shape index (κ2) is 11.6. The van der Waals surface area contributed by atoms with Crippen molar-refractivity contribution in [1.82, 2.24) is 0 Å². The molecule has 7 nitrogen and oxygen atoms in total. The molecular weight excluding hydrogens is 494 g/mol. The Hall–Kier alpha value is -4.39. The Morgan fingerprint density at radius 3 is 2.28 bits per heavy atom. The zero-order valence-corrected chi connectivity index (χ0v) is 22.8. The lowest BCUT2D eigenvalue weighted by Gasteiger charge is -2.26. The Balaban J connectivity index is 1.88. The third-order valence-electron chi connectivity index (χ3n) is 6.47. The molecule has 0 aliphatic carbocycles. The van der Waals surface area contributed by atoms with Gasteiger partial charge in [-0.3, -0.25) is 14.5 Å². The maximum Gasteiger partial charge on any atom is 0.338 e. The van der Waals surface area contributed by atoms with Gasteiger partial charge in [-0.1, -0.05) is 50.2 Å². The van der Waals surface area contributed by atoms with Crippen molar-refractivity contribution in [2.45, 2.75) is 52.7 Å². The minimum Gasteiger partial charge on any atom is -0.507 e. The van der Waals surface area contributed by atoms with Gasteiger partial charge in [0.05, 0.1) is 29.9 Å². The van der Waals surface area contributed by atoms with Gasteiger partial charge in [-0.2, -0.15) is 0 Å². The van der Waals surface area contributed by atoms with Crippen LogP contribution in [-0.2, 0) is 14.3 Å². The highest BCUT2D eigenvalue weighted by Gasteiger charge is 2.47. The summed E-state index contributed by atoms with van der Waals surface area (Å²) in [6.45, 7) is 9.93. The van der Waals surface area contributed by atoms with Crippen molar-refractivity contribution in [2.24, 2.45) is 0 Å². The molecule has 1 fully saturated rings. The van der Waals surface area contributed by atoms with Crippen LogP contribution in [0, 0.1) is 0 Å². The number of hydrogen-bond acceptors (Lipinski definition) is 6. The average Bonchev–Trinajstić information content (AvgIpc) is 3.18. The van der Waals surface area contributed by atoms with Gasteiger partial charge in [0, 0.05) is 11.3 Å². The quantitative estimate of drug-likeness (QED) is 0.158. The minimum absolute atomic E-state index is 0.0276. The number of carbonyl (C=O) groups is 3. The van der Waals surface area contributed by atoms with E-state index in [-0.39, 0.29) is 28.9 Å². The molecule has 39 heavy (non-hydrogen) atoms. The van der Waals surface area contributed by atoms with Crippen LogP contribution >= 0.6 is 0 Å². The molecule has 0 radical (unpaired) electrons. The van der Waals surface area contributed by atoms with Crippen LogP contribution in [0.25, 0.3) is 5.76 Å². The van der Waals surface area contributed by atoms with Crippen LogP contribution in [0.3, 0.4) is 0 Å². The minimum atomic E-state index is -0.906. The molecule has 0 aromatic heterocycles. The summed E-state index contributed by atoms with van der Waals surface area (Å²) in [7, 11) is 0. The van der Waals surface area contributed by atoms with Gasteiger partial charge in [-0.05, 0) is 74.2 Å². The predicted octanol–water partition coefficient (Wildman–Crippen LogP) is 6.40. The Morgan fingerprint density at radius 2 is 1.64 bits per heavy atom. The van der Waals surface area contributed by atoms with Gasteiger partial charge in [0.25, 0.3) is 11.7 Å². The summed E-state index contributed by atoms with van der Waals surface area (Å²) in [4.78, 5) is 40.9. The number of benzene rings is 3. The Bertz CT molecular complexity index is 1420. The van der Waals surface area contributed by atoms with Crippen molar-refractivity contribution < 1.29 is 29.0 Å². The fourth-order valence-electron chi connectivity index (χ4n) is 4.70. The van der Waals surface area contributed by atoms with Gasteiger partial charge in [0.2, 0.25) is 0 Å². The number of aliphatic hydroxyl groups excluding tert-OH is 1. The smallest absolute Gasteiger partial charge is 0.338 e. The lowest BCUT2D eigenvalue weighted by atomic mass is 9.93. The van der Waals surface area contributed by atoms with Crippen LogP contribution < -0.4 is 9.64 Å². The molecule has 7 heteroatoms. The second-order valence-electron chi connectivity index (χ2n) is 9.92. The van der Waals surface area contributed by atoms with Gasteiger partial charge in [-0.25, -0.2) is 4.79 Å². The number of ether oxygens (including phenoxy) is 2. The molecule has 1 aliphatic rings. The lowest BCUT2D eigenvalue weighted by Crippen LogP contribution is -2.29. The molecule has 1 N–H and O–H groups in total. The number of Topliss-reactive ketones (excluding diaryl/α,β-unsaturated/α-hetero) is 1. The lowest BCUT2D eigenvalue weighted by molar-refractivity contribution is -0.132. The molecule has 4 rings (SSSR count). The van der Waals surface area contributed by atoms with Crippen LogP contribution in [0.15, 0.2) is 78.4 Å². The number of rotatable bonds is 8. The van der Waals surface area contributed by atoms with Crippen molar-refractivity contribution in [3.8, 4) is 5.75 Å². The molecule has 1 amide bonds. The largest absolute Gasteiger partial charge is 0.507 e. The standard InChI is InChI=1S/C32H33NO6/c1-6-38-26-16-15-22(18-25(26)19(2)3)29(34)27-28(21-11-8-7-9-12-21)33(31(36)30(27)35)24-14-10-13-23(17-24)32(37)39-20(4)5/h7-20,28,34H,6H2,1-5H3/b29-27-. The van der Waals surface area contributed by atoms with E-state index in [0.29, 0.717) is 29.2 Å². The van der Waals surface area contributed by atoms with Gasteiger partial charge in [-0.15, -0.1) is 0 Å². The molecule has 1 saturated heterocycles. The fraction of sp³-hybridized carbons (Fsp3) is 0.281. The maximum atomic E-state index is 13.5. The third-order valence-corrected chi connectivity index (χ3v) is 6.47. The van der Waals surface area contributed by atoms with E-state index in [1.807, 2.05) is 26.8 Å². The SMILES string of the molecule is CCOc1ccc(/C(O)=C2/C(=O)C(=O)N(c3cccc(C(=O)OC(C)C)c3)C2c2ccccc2)cc1C(C)C. The summed E-state index contributed by atoms with van der Waals surface area (Å²) in [6.07, 6.45) is -0.315. The molecular formula is C32H33NO6.